The molecule has 0 spiro atoms. The molecule has 21 heavy (non-hydrogen) atoms. The number of rotatable bonds is 8. The van der Waals surface area contributed by atoms with E-state index in [9.17, 15) is 9.59 Å². The van der Waals surface area contributed by atoms with E-state index in [4.69, 9.17) is 4.74 Å². The first-order valence-corrected chi connectivity index (χ1v) is 7.14. The Morgan fingerprint density at radius 1 is 1.19 bits per heavy atom. The molecule has 0 saturated carbocycles. The lowest BCUT2D eigenvalue weighted by molar-refractivity contribution is -0.129. The summed E-state index contributed by atoms with van der Waals surface area (Å²) in [6, 6.07) is 7.63. The molecule has 0 aliphatic carbocycles. The normalized spacial score (nSPS) is 10.2. The number of nitrogens with zero attached hydrogens (tertiary/aromatic N) is 1. The van der Waals surface area contributed by atoms with Crippen LogP contribution in [0.15, 0.2) is 24.3 Å². The summed E-state index contributed by atoms with van der Waals surface area (Å²) in [5, 5.41) is 2.83. The van der Waals surface area contributed by atoms with E-state index in [0.717, 1.165) is 17.7 Å². The molecule has 1 N–H and O–H groups in total. The van der Waals surface area contributed by atoms with E-state index in [-0.39, 0.29) is 11.8 Å². The number of benzene rings is 1. The molecule has 0 atom stereocenters. The highest BCUT2D eigenvalue weighted by atomic mass is 16.5. The van der Waals surface area contributed by atoms with Crippen molar-refractivity contribution in [3.63, 3.8) is 0 Å². The average molecular weight is 292 g/mol. The summed E-state index contributed by atoms with van der Waals surface area (Å²) in [6.45, 7) is 5.16. The Morgan fingerprint density at radius 2 is 1.86 bits per heavy atom. The zero-order chi connectivity index (χ0) is 15.7. The fourth-order valence-corrected chi connectivity index (χ4v) is 1.92. The van der Waals surface area contributed by atoms with Crippen LogP contribution in [0.4, 0.5) is 5.69 Å². The number of hydrogen-bond donors (Lipinski definition) is 1. The van der Waals surface area contributed by atoms with Gasteiger partial charge in [-0.1, -0.05) is 17.7 Å². The van der Waals surface area contributed by atoms with Gasteiger partial charge in [0.05, 0.1) is 0 Å². The minimum atomic E-state index is -0.0863. The maximum atomic E-state index is 11.9. The predicted molar refractivity (Wildman–Crippen MR) is 83.2 cm³/mol. The lowest BCUT2D eigenvalue weighted by Crippen LogP contribution is -2.33. The summed E-state index contributed by atoms with van der Waals surface area (Å²) < 4.78 is 4.97. The van der Waals surface area contributed by atoms with Crippen molar-refractivity contribution < 1.29 is 14.3 Å². The second-order valence-electron chi connectivity index (χ2n) is 5.02. The van der Waals surface area contributed by atoms with Gasteiger partial charge in [-0.05, 0) is 25.5 Å². The number of ether oxygens (including phenoxy) is 1. The Kier molecular flexibility index (Phi) is 7.46. The number of nitrogens with one attached hydrogen (secondary N) is 1. The molecule has 5 nitrogen and oxygen atoms in total. The van der Waals surface area contributed by atoms with Gasteiger partial charge in [0.2, 0.25) is 11.8 Å². The third kappa shape index (κ3) is 6.90. The fourth-order valence-electron chi connectivity index (χ4n) is 1.92. The molecule has 0 aliphatic rings. The third-order valence-corrected chi connectivity index (χ3v) is 3.17. The standard InChI is InChI=1S/C16H24N2O3/c1-13-5-7-15(8-6-13)17-16(20)9-11-18(14(2)19)10-4-12-21-3/h5-8H,4,9-12H2,1-3H3,(H,17,20). The van der Waals surface area contributed by atoms with Crippen LogP contribution in [0.1, 0.15) is 25.3 Å². The zero-order valence-electron chi connectivity index (χ0n) is 13.0. The van der Waals surface area contributed by atoms with Gasteiger partial charge < -0.3 is 15.0 Å². The quantitative estimate of drug-likeness (QED) is 0.747. The van der Waals surface area contributed by atoms with Crippen molar-refractivity contribution >= 4 is 17.5 Å². The first-order valence-electron chi connectivity index (χ1n) is 7.14. The molecular weight excluding hydrogens is 268 g/mol. The van der Waals surface area contributed by atoms with Gasteiger partial charge in [-0.3, -0.25) is 9.59 Å². The van der Waals surface area contributed by atoms with Gasteiger partial charge in [0, 0.05) is 45.8 Å². The third-order valence-electron chi connectivity index (χ3n) is 3.17. The zero-order valence-corrected chi connectivity index (χ0v) is 13.0. The Morgan fingerprint density at radius 3 is 2.43 bits per heavy atom. The van der Waals surface area contributed by atoms with Crippen molar-refractivity contribution in [1.82, 2.24) is 4.90 Å². The van der Waals surface area contributed by atoms with Crippen LogP contribution < -0.4 is 5.32 Å². The van der Waals surface area contributed by atoms with E-state index >= 15 is 0 Å². The Hall–Kier alpha value is -1.88. The summed E-state index contributed by atoms with van der Waals surface area (Å²) in [4.78, 5) is 25.1. The highest BCUT2D eigenvalue weighted by Gasteiger charge is 2.11. The molecule has 0 heterocycles. The number of methoxy groups -OCH3 is 1. The van der Waals surface area contributed by atoms with Crippen molar-refractivity contribution in [2.24, 2.45) is 0 Å². The fraction of sp³-hybridized carbons (Fsp3) is 0.500. The molecule has 0 radical (unpaired) electrons. The lowest BCUT2D eigenvalue weighted by Gasteiger charge is -2.20. The van der Waals surface area contributed by atoms with Crippen LogP contribution in [-0.4, -0.2) is 43.5 Å². The van der Waals surface area contributed by atoms with E-state index in [0.29, 0.717) is 26.1 Å². The van der Waals surface area contributed by atoms with E-state index in [1.165, 1.54) is 6.92 Å². The van der Waals surface area contributed by atoms with Gasteiger partial charge in [0.25, 0.3) is 0 Å². The van der Waals surface area contributed by atoms with Gasteiger partial charge in [-0.25, -0.2) is 0 Å². The molecular formula is C16H24N2O3. The SMILES string of the molecule is COCCCN(CCC(=O)Nc1ccc(C)cc1)C(C)=O. The minimum Gasteiger partial charge on any atom is -0.385 e. The van der Waals surface area contributed by atoms with Gasteiger partial charge in [-0.15, -0.1) is 0 Å². The van der Waals surface area contributed by atoms with Crippen LogP contribution in [0, 0.1) is 6.92 Å². The number of carbonyl (C=O) groups is 2. The lowest BCUT2D eigenvalue weighted by atomic mass is 10.2. The molecule has 116 valence electrons. The molecule has 0 bridgehead atoms. The van der Waals surface area contributed by atoms with Crippen LogP contribution in [0.5, 0.6) is 0 Å². The van der Waals surface area contributed by atoms with Crippen molar-refractivity contribution in [2.75, 3.05) is 32.1 Å². The van der Waals surface area contributed by atoms with E-state index in [2.05, 4.69) is 5.32 Å². The molecule has 1 aromatic rings. The van der Waals surface area contributed by atoms with Crippen LogP contribution in [0.3, 0.4) is 0 Å². The number of hydrogen-bond acceptors (Lipinski definition) is 3. The smallest absolute Gasteiger partial charge is 0.226 e. The Balaban J connectivity index is 2.38. The highest BCUT2D eigenvalue weighted by molar-refractivity contribution is 5.91. The monoisotopic (exact) mass is 292 g/mol. The minimum absolute atomic E-state index is 0.0192. The van der Waals surface area contributed by atoms with Crippen molar-refractivity contribution in [2.45, 2.75) is 26.7 Å². The van der Waals surface area contributed by atoms with E-state index in [1.807, 2.05) is 31.2 Å². The first kappa shape index (κ1) is 17.2. The summed E-state index contributed by atoms with van der Waals surface area (Å²) >= 11 is 0. The van der Waals surface area contributed by atoms with Gasteiger partial charge in [-0.2, -0.15) is 0 Å². The average Bonchev–Trinajstić information content (AvgIpc) is 2.44. The number of aryl methyl sites for hydroxylation is 1. The molecule has 0 fully saturated rings. The Labute approximate surface area is 126 Å². The number of carbonyl (C=O) groups excluding carboxylic acids is 2. The van der Waals surface area contributed by atoms with Crippen LogP contribution in [0.2, 0.25) is 0 Å². The number of amides is 2. The Bertz CT molecular complexity index is 457. The topological polar surface area (TPSA) is 58.6 Å². The molecule has 2 amide bonds. The van der Waals surface area contributed by atoms with Gasteiger partial charge >= 0.3 is 0 Å². The molecule has 0 saturated heterocycles. The number of anilines is 1. The molecule has 0 aliphatic heterocycles. The molecule has 0 unspecified atom stereocenters. The van der Waals surface area contributed by atoms with Gasteiger partial charge in [0.15, 0.2) is 0 Å². The van der Waals surface area contributed by atoms with Crippen LogP contribution in [0.25, 0.3) is 0 Å². The predicted octanol–water partition coefficient (Wildman–Crippen LogP) is 2.21. The second-order valence-corrected chi connectivity index (χ2v) is 5.02. The summed E-state index contributed by atoms with van der Waals surface area (Å²) in [7, 11) is 1.63. The van der Waals surface area contributed by atoms with E-state index in [1.54, 1.807) is 12.0 Å². The largest absolute Gasteiger partial charge is 0.385 e. The molecule has 1 rings (SSSR count). The summed E-state index contributed by atoms with van der Waals surface area (Å²) in [5.74, 6) is -0.105. The maximum absolute atomic E-state index is 11.9. The summed E-state index contributed by atoms with van der Waals surface area (Å²) in [6.07, 6.45) is 1.07. The second kappa shape index (κ2) is 9.13. The van der Waals surface area contributed by atoms with Crippen molar-refractivity contribution in [1.29, 1.82) is 0 Å². The molecule has 0 aromatic heterocycles. The van der Waals surface area contributed by atoms with E-state index < -0.39 is 0 Å². The van der Waals surface area contributed by atoms with Gasteiger partial charge in [0.1, 0.15) is 0 Å². The molecule has 5 heteroatoms. The first-order chi connectivity index (χ1) is 10.0. The van der Waals surface area contributed by atoms with Crippen LogP contribution >= 0.6 is 0 Å². The highest BCUT2D eigenvalue weighted by Crippen LogP contribution is 2.09. The van der Waals surface area contributed by atoms with Crippen molar-refractivity contribution in [3.05, 3.63) is 29.8 Å². The maximum Gasteiger partial charge on any atom is 0.226 e. The summed E-state index contributed by atoms with van der Waals surface area (Å²) in [5.41, 5.74) is 1.92. The van der Waals surface area contributed by atoms with Crippen LogP contribution in [-0.2, 0) is 14.3 Å². The van der Waals surface area contributed by atoms with Crippen molar-refractivity contribution in [3.8, 4) is 0 Å². The molecule has 1 aromatic carbocycles.